The molecule has 2 rings (SSSR count). The van der Waals surface area contributed by atoms with E-state index in [0.29, 0.717) is 5.56 Å². The SMILES string of the molecule is N[C@@H]1C[C@@H]1c1cccc(F)c1F. The molecular weight excluding hydrogens is 160 g/mol. The fraction of sp³-hybridized carbons (Fsp3) is 0.333. The third-order valence-electron chi connectivity index (χ3n) is 2.22. The topological polar surface area (TPSA) is 26.0 Å². The number of benzene rings is 1. The average molecular weight is 169 g/mol. The molecule has 1 aromatic rings. The zero-order valence-electron chi connectivity index (χ0n) is 6.43. The Morgan fingerprint density at radius 2 is 2.00 bits per heavy atom. The molecule has 0 aromatic heterocycles. The Morgan fingerprint density at radius 3 is 2.58 bits per heavy atom. The molecule has 1 nitrogen and oxygen atoms in total. The van der Waals surface area contributed by atoms with Gasteiger partial charge in [-0.1, -0.05) is 12.1 Å². The Labute approximate surface area is 69.2 Å². The Balaban J connectivity index is 2.38. The van der Waals surface area contributed by atoms with Crippen LogP contribution in [-0.2, 0) is 0 Å². The van der Waals surface area contributed by atoms with Gasteiger partial charge in [0.1, 0.15) is 0 Å². The van der Waals surface area contributed by atoms with E-state index in [4.69, 9.17) is 5.73 Å². The number of nitrogens with two attached hydrogens (primary N) is 1. The maximum Gasteiger partial charge on any atom is 0.162 e. The lowest BCUT2D eigenvalue weighted by Gasteiger charge is -2.00. The van der Waals surface area contributed by atoms with Gasteiger partial charge in [0.15, 0.2) is 11.6 Å². The van der Waals surface area contributed by atoms with Gasteiger partial charge in [0, 0.05) is 12.0 Å². The highest BCUT2D eigenvalue weighted by Gasteiger charge is 2.37. The summed E-state index contributed by atoms with van der Waals surface area (Å²) in [5, 5.41) is 0. The van der Waals surface area contributed by atoms with Crippen molar-refractivity contribution < 1.29 is 8.78 Å². The molecule has 1 saturated carbocycles. The smallest absolute Gasteiger partial charge is 0.162 e. The van der Waals surface area contributed by atoms with Crippen molar-refractivity contribution in [3.8, 4) is 0 Å². The highest BCUT2D eigenvalue weighted by atomic mass is 19.2. The van der Waals surface area contributed by atoms with Crippen molar-refractivity contribution in [1.29, 1.82) is 0 Å². The highest BCUT2D eigenvalue weighted by molar-refractivity contribution is 5.29. The number of hydrogen-bond donors (Lipinski definition) is 1. The number of hydrogen-bond acceptors (Lipinski definition) is 1. The van der Waals surface area contributed by atoms with Crippen LogP contribution in [0.5, 0.6) is 0 Å². The second-order valence-electron chi connectivity index (χ2n) is 3.15. The van der Waals surface area contributed by atoms with Crippen LogP contribution in [0.15, 0.2) is 18.2 Å². The second kappa shape index (κ2) is 2.52. The Hall–Kier alpha value is -0.960. The maximum atomic E-state index is 13.0. The normalized spacial score (nSPS) is 27.2. The van der Waals surface area contributed by atoms with Crippen molar-refractivity contribution >= 4 is 0 Å². The van der Waals surface area contributed by atoms with Crippen LogP contribution in [0, 0.1) is 11.6 Å². The third-order valence-corrected chi connectivity index (χ3v) is 2.22. The van der Waals surface area contributed by atoms with E-state index in [1.54, 1.807) is 6.07 Å². The lowest BCUT2D eigenvalue weighted by molar-refractivity contribution is 0.498. The molecule has 2 atom stereocenters. The van der Waals surface area contributed by atoms with Gasteiger partial charge in [0.2, 0.25) is 0 Å². The van der Waals surface area contributed by atoms with E-state index in [1.165, 1.54) is 6.07 Å². The first-order valence-electron chi connectivity index (χ1n) is 3.89. The molecule has 1 aliphatic rings. The van der Waals surface area contributed by atoms with Gasteiger partial charge < -0.3 is 5.73 Å². The predicted octanol–water partition coefficient (Wildman–Crippen LogP) is 1.78. The summed E-state index contributed by atoms with van der Waals surface area (Å²) in [6, 6.07) is 4.24. The summed E-state index contributed by atoms with van der Waals surface area (Å²) in [6.45, 7) is 0. The summed E-state index contributed by atoms with van der Waals surface area (Å²) in [4.78, 5) is 0. The van der Waals surface area contributed by atoms with E-state index in [2.05, 4.69) is 0 Å². The van der Waals surface area contributed by atoms with Gasteiger partial charge in [-0.15, -0.1) is 0 Å². The molecule has 64 valence electrons. The molecule has 0 heterocycles. The average Bonchev–Trinajstić information content (AvgIpc) is 2.73. The molecule has 1 aromatic carbocycles. The van der Waals surface area contributed by atoms with Gasteiger partial charge in [-0.05, 0) is 18.1 Å². The van der Waals surface area contributed by atoms with Gasteiger partial charge >= 0.3 is 0 Å². The molecule has 0 aliphatic heterocycles. The van der Waals surface area contributed by atoms with E-state index >= 15 is 0 Å². The Morgan fingerprint density at radius 1 is 1.33 bits per heavy atom. The lowest BCUT2D eigenvalue weighted by Crippen LogP contribution is -2.03. The lowest BCUT2D eigenvalue weighted by atomic mass is 10.1. The molecule has 1 aliphatic carbocycles. The quantitative estimate of drug-likeness (QED) is 0.681. The molecule has 0 saturated heterocycles. The van der Waals surface area contributed by atoms with Crippen LogP contribution < -0.4 is 5.73 Å². The summed E-state index contributed by atoms with van der Waals surface area (Å²) < 4.78 is 25.7. The van der Waals surface area contributed by atoms with E-state index in [0.717, 1.165) is 12.5 Å². The standard InChI is InChI=1S/C9H9F2N/c10-7-3-1-2-5(9(7)11)6-4-8(6)12/h1-3,6,8H,4,12H2/t6-,8-/m1/s1. The van der Waals surface area contributed by atoms with Crippen LogP contribution in [0.3, 0.4) is 0 Å². The Kier molecular flexibility index (Phi) is 1.61. The molecule has 0 bridgehead atoms. The van der Waals surface area contributed by atoms with Crippen LogP contribution in [0.1, 0.15) is 17.9 Å². The van der Waals surface area contributed by atoms with Crippen LogP contribution in [0.4, 0.5) is 8.78 Å². The molecule has 0 amide bonds. The van der Waals surface area contributed by atoms with Crippen molar-refractivity contribution in [2.45, 2.75) is 18.4 Å². The minimum Gasteiger partial charge on any atom is -0.327 e. The van der Waals surface area contributed by atoms with Crippen molar-refractivity contribution in [3.05, 3.63) is 35.4 Å². The third kappa shape index (κ3) is 1.10. The van der Waals surface area contributed by atoms with Crippen LogP contribution in [0.2, 0.25) is 0 Å². The van der Waals surface area contributed by atoms with Gasteiger partial charge in [-0.3, -0.25) is 0 Å². The summed E-state index contributed by atoms with van der Waals surface area (Å²) in [5.41, 5.74) is 5.95. The maximum absolute atomic E-state index is 13.0. The Bertz CT molecular complexity index is 311. The minimum absolute atomic E-state index is 0.0151. The molecular formula is C9H9F2N. The first-order valence-corrected chi connectivity index (χ1v) is 3.89. The van der Waals surface area contributed by atoms with Gasteiger partial charge in [0.25, 0.3) is 0 Å². The van der Waals surface area contributed by atoms with E-state index in [1.807, 2.05) is 0 Å². The zero-order valence-corrected chi connectivity index (χ0v) is 6.43. The molecule has 0 radical (unpaired) electrons. The predicted molar refractivity (Wildman–Crippen MR) is 41.7 cm³/mol. The molecule has 3 heteroatoms. The first kappa shape index (κ1) is 7.68. The van der Waals surface area contributed by atoms with Crippen molar-refractivity contribution in [2.24, 2.45) is 5.73 Å². The van der Waals surface area contributed by atoms with Crippen LogP contribution >= 0.6 is 0 Å². The molecule has 1 fully saturated rings. The fourth-order valence-electron chi connectivity index (χ4n) is 1.38. The number of halogens is 2. The summed E-state index contributed by atoms with van der Waals surface area (Å²) in [6.07, 6.45) is 0.764. The second-order valence-corrected chi connectivity index (χ2v) is 3.15. The van der Waals surface area contributed by atoms with E-state index in [-0.39, 0.29) is 12.0 Å². The largest absolute Gasteiger partial charge is 0.327 e. The van der Waals surface area contributed by atoms with Gasteiger partial charge in [0.05, 0.1) is 0 Å². The van der Waals surface area contributed by atoms with Crippen molar-refractivity contribution in [3.63, 3.8) is 0 Å². The minimum atomic E-state index is -0.786. The molecule has 0 unspecified atom stereocenters. The molecule has 12 heavy (non-hydrogen) atoms. The number of rotatable bonds is 1. The molecule has 0 spiro atoms. The molecule has 2 N–H and O–H groups in total. The summed E-state index contributed by atoms with van der Waals surface area (Å²) in [5.74, 6) is -1.50. The van der Waals surface area contributed by atoms with Crippen molar-refractivity contribution in [2.75, 3.05) is 0 Å². The van der Waals surface area contributed by atoms with Crippen molar-refractivity contribution in [1.82, 2.24) is 0 Å². The van der Waals surface area contributed by atoms with Crippen LogP contribution in [-0.4, -0.2) is 6.04 Å². The van der Waals surface area contributed by atoms with E-state index < -0.39 is 11.6 Å². The first-order chi connectivity index (χ1) is 5.70. The zero-order chi connectivity index (χ0) is 8.72. The van der Waals surface area contributed by atoms with Crippen LogP contribution in [0.25, 0.3) is 0 Å². The van der Waals surface area contributed by atoms with E-state index in [9.17, 15) is 8.78 Å². The van der Waals surface area contributed by atoms with Gasteiger partial charge in [-0.2, -0.15) is 0 Å². The van der Waals surface area contributed by atoms with Gasteiger partial charge in [-0.25, -0.2) is 8.78 Å². The monoisotopic (exact) mass is 169 g/mol. The summed E-state index contributed by atoms with van der Waals surface area (Å²) >= 11 is 0. The summed E-state index contributed by atoms with van der Waals surface area (Å²) in [7, 11) is 0. The fourth-order valence-corrected chi connectivity index (χ4v) is 1.38. The highest BCUT2D eigenvalue weighted by Crippen LogP contribution is 2.40.